The number of likely N-dealkylation sites (tertiary alicyclic amines) is 1. The molecule has 0 spiro atoms. The van der Waals surface area contributed by atoms with E-state index in [1.54, 1.807) is 0 Å². The second-order valence-electron chi connectivity index (χ2n) is 6.32. The first-order valence-corrected chi connectivity index (χ1v) is 8.29. The van der Waals surface area contributed by atoms with Gasteiger partial charge in [-0.3, -0.25) is 0 Å². The van der Waals surface area contributed by atoms with E-state index < -0.39 is 0 Å². The van der Waals surface area contributed by atoms with Gasteiger partial charge in [0.25, 0.3) is 0 Å². The van der Waals surface area contributed by atoms with Gasteiger partial charge >= 0.3 is 0 Å². The predicted molar refractivity (Wildman–Crippen MR) is 84.8 cm³/mol. The first kappa shape index (κ1) is 16.9. The monoisotopic (exact) mass is 269 g/mol. The SMILES string of the molecule is CCN1CCC(N(C)CCCCCNC(C)C)CC1. The van der Waals surface area contributed by atoms with E-state index in [0.29, 0.717) is 6.04 Å². The molecular weight excluding hydrogens is 234 g/mol. The van der Waals surface area contributed by atoms with Crippen LogP contribution in [-0.4, -0.2) is 61.7 Å². The van der Waals surface area contributed by atoms with Gasteiger partial charge < -0.3 is 15.1 Å². The summed E-state index contributed by atoms with van der Waals surface area (Å²) in [5, 5.41) is 3.49. The molecule has 0 aromatic heterocycles. The van der Waals surface area contributed by atoms with Crippen molar-refractivity contribution in [3.8, 4) is 0 Å². The van der Waals surface area contributed by atoms with Crippen LogP contribution < -0.4 is 5.32 Å². The maximum absolute atomic E-state index is 3.49. The predicted octanol–water partition coefficient (Wildman–Crippen LogP) is 2.57. The minimum atomic E-state index is 0.631. The smallest absolute Gasteiger partial charge is 0.0117 e. The Morgan fingerprint density at radius 1 is 1.16 bits per heavy atom. The van der Waals surface area contributed by atoms with Crippen molar-refractivity contribution in [2.24, 2.45) is 0 Å². The van der Waals surface area contributed by atoms with Crippen LogP contribution in [0.4, 0.5) is 0 Å². The van der Waals surface area contributed by atoms with Gasteiger partial charge in [-0.1, -0.05) is 27.2 Å². The fourth-order valence-electron chi connectivity index (χ4n) is 2.91. The van der Waals surface area contributed by atoms with Crippen molar-refractivity contribution in [3.05, 3.63) is 0 Å². The van der Waals surface area contributed by atoms with Crippen LogP contribution in [0.2, 0.25) is 0 Å². The lowest BCUT2D eigenvalue weighted by Gasteiger charge is -2.36. The molecule has 0 radical (unpaired) electrons. The highest BCUT2D eigenvalue weighted by molar-refractivity contribution is 4.77. The molecule has 19 heavy (non-hydrogen) atoms. The Morgan fingerprint density at radius 2 is 1.84 bits per heavy atom. The zero-order valence-electron chi connectivity index (χ0n) is 13.6. The number of piperidine rings is 1. The molecule has 0 aliphatic carbocycles. The lowest BCUT2D eigenvalue weighted by atomic mass is 10.0. The number of rotatable bonds is 9. The highest BCUT2D eigenvalue weighted by Crippen LogP contribution is 2.15. The van der Waals surface area contributed by atoms with Crippen LogP contribution in [0.25, 0.3) is 0 Å². The van der Waals surface area contributed by atoms with Gasteiger partial charge in [0.1, 0.15) is 0 Å². The lowest BCUT2D eigenvalue weighted by molar-refractivity contribution is 0.130. The number of unbranched alkanes of at least 4 members (excludes halogenated alkanes) is 2. The fraction of sp³-hybridized carbons (Fsp3) is 1.00. The molecule has 0 atom stereocenters. The van der Waals surface area contributed by atoms with E-state index in [2.05, 4.69) is 42.9 Å². The molecule has 1 aliphatic heterocycles. The summed E-state index contributed by atoms with van der Waals surface area (Å²) in [6.07, 6.45) is 6.75. The first-order chi connectivity index (χ1) is 9.13. The van der Waals surface area contributed by atoms with E-state index in [4.69, 9.17) is 0 Å². The van der Waals surface area contributed by atoms with E-state index in [9.17, 15) is 0 Å². The summed E-state index contributed by atoms with van der Waals surface area (Å²) in [5.74, 6) is 0. The average Bonchev–Trinajstić information content (AvgIpc) is 2.42. The molecule has 3 heteroatoms. The molecule has 114 valence electrons. The van der Waals surface area contributed by atoms with Crippen LogP contribution in [0.5, 0.6) is 0 Å². The van der Waals surface area contributed by atoms with Gasteiger partial charge in [0.05, 0.1) is 0 Å². The summed E-state index contributed by atoms with van der Waals surface area (Å²) in [6.45, 7) is 13.0. The van der Waals surface area contributed by atoms with Crippen LogP contribution in [0.3, 0.4) is 0 Å². The Kier molecular flexibility index (Phi) is 8.67. The zero-order chi connectivity index (χ0) is 14.1. The standard InChI is InChI=1S/C16H35N3/c1-5-19-13-9-16(10-14-19)18(4)12-8-6-7-11-17-15(2)3/h15-17H,5-14H2,1-4H3. The molecule has 1 heterocycles. The van der Waals surface area contributed by atoms with Crippen molar-refractivity contribution < 1.29 is 0 Å². The molecule has 1 fully saturated rings. The Hall–Kier alpha value is -0.120. The third kappa shape index (κ3) is 7.28. The minimum absolute atomic E-state index is 0.631. The molecule has 1 N–H and O–H groups in total. The normalized spacial score (nSPS) is 18.6. The van der Waals surface area contributed by atoms with Crippen LogP contribution in [0.1, 0.15) is 52.9 Å². The van der Waals surface area contributed by atoms with Gasteiger partial charge in [0.15, 0.2) is 0 Å². The van der Waals surface area contributed by atoms with E-state index in [0.717, 1.165) is 6.04 Å². The third-order valence-electron chi connectivity index (χ3n) is 4.37. The van der Waals surface area contributed by atoms with E-state index >= 15 is 0 Å². The summed E-state index contributed by atoms with van der Waals surface area (Å²) in [7, 11) is 2.32. The molecule has 1 saturated heterocycles. The van der Waals surface area contributed by atoms with Crippen molar-refractivity contribution in [2.75, 3.05) is 39.8 Å². The lowest BCUT2D eigenvalue weighted by Crippen LogP contribution is -2.43. The second-order valence-corrected chi connectivity index (χ2v) is 6.32. The number of hydrogen-bond acceptors (Lipinski definition) is 3. The molecule has 0 unspecified atom stereocenters. The summed E-state index contributed by atoms with van der Waals surface area (Å²) < 4.78 is 0. The molecular formula is C16H35N3. The highest BCUT2D eigenvalue weighted by Gasteiger charge is 2.20. The van der Waals surface area contributed by atoms with E-state index in [-0.39, 0.29) is 0 Å². The van der Waals surface area contributed by atoms with Gasteiger partial charge in [0, 0.05) is 12.1 Å². The Balaban J connectivity index is 2.00. The molecule has 1 rings (SSSR count). The van der Waals surface area contributed by atoms with Crippen molar-refractivity contribution in [2.45, 2.75) is 65.0 Å². The van der Waals surface area contributed by atoms with Gasteiger partial charge in [-0.05, 0) is 65.5 Å². The molecule has 0 aromatic carbocycles. The van der Waals surface area contributed by atoms with Crippen LogP contribution in [0.15, 0.2) is 0 Å². The van der Waals surface area contributed by atoms with Crippen molar-refractivity contribution in [1.82, 2.24) is 15.1 Å². The molecule has 0 aromatic rings. The molecule has 1 aliphatic rings. The third-order valence-corrected chi connectivity index (χ3v) is 4.37. The quantitative estimate of drug-likeness (QED) is 0.649. The minimum Gasteiger partial charge on any atom is -0.315 e. The summed E-state index contributed by atoms with van der Waals surface area (Å²) in [6, 6.07) is 1.46. The van der Waals surface area contributed by atoms with E-state index in [1.165, 1.54) is 64.8 Å². The Bertz CT molecular complexity index is 210. The Morgan fingerprint density at radius 3 is 2.42 bits per heavy atom. The summed E-state index contributed by atoms with van der Waals surface area (Å²) >= 11 is 0. The Labute approximate surface area is 120 Å². The van der Waals surface area contributed by atoms with Crippen molar-refractivity contribution in [1.29, 1.82) is 0 Å². The number of nitrogens with zero attached hydrogens (tertiary/aromatic N) is 2. The summed E-state index contributed by atoms with van der Waals surface area (Å²) in [5.41, 5.74) is 0. The largest absolute Gasteiger partial charge is 0.315 e. The number of nitrogens with one attached hydrogen (secondary N) is 1. The topological polar surface area (TPSA) is 18.5 Å². The number of hydrogen-bond donors (Lipinski definition) is 1. The second kappa shape index (κ2) is 9.73. The van der Waals surface area contributed by atoms with Crippen LogP contribution >= 0.6 is 0 Å². The van der Waals surface area contributed by atoms with Gasteiger partial charge in [-0.2, -0.15) is 0 Å². The maximum atomic E-state index is 3.49. The summed E-state index contributed by atoms with van der Waals surface area (Å²) in [4.78, 5) is 5.17. The van der Waals surface area contributed by atoms with Crippen molar-refractivity contribution >= 4 is 0 Å². The highest BCUT2D eigenvalue weighted by atomic mass is 15.2. The van der Waals surface area contributed by atoms with Gasteiger partial charge in [0.2, 0.25) is 0 Å². The molecule has 0 saturated carbocycles. The van der Waals surface area contributed by atoms with Crippen LogP contribution in [0, 0.1) is 0 Å². The zero-order valence-corrected chi connectivity index (χ0v) is 13.6. The fourth-order valence-corrected chi connectivity index (χ4v) is 2.91. The van der Waals surface area contributed by atoms with Crippen molar-refractivity contribution in [3.63, 3.8) is 0 Å². The first-order valence-electron chi connectivity index (χ1n) is 8.29. The van der Waals surface area contributed by atoms with Gasteiger partial charge in [-0.15, -0.1) is 0 Å². The van der Waals surface area contributed by atoms with E-state index in [1.807, 2.05) is 0 Å². The molecule has 0 bridgehead atoms. The van der Waals surface area contributed by atoms with Gasteiger partial charge in [-0.25, -0.2) is 0 Å². The van der Waals surface area contributed by atoms with Crippen LogP contribution in [-0.2, 0) is 0 Å². The molecule has 3 nitrogen and oxygen atoms in total. The average molecular weight is 269 g/mol. The molecule has 0 amide bonds. The maximum Gasteiger partial charge on any atom is 0.0117 e.